The van der Waals surface area contributed by atoms with Crippen molar-refractivity contribution in [2.24, 2.45) is 0 Å². The van der Waals surface area contributed by atoms with E-state index in [0.717, 1.165) is 48.2 Å². The highest BCUT2D eigenvalue weighted by Crippen LogP contribution is 2.52. The van der Waals surface area contributed by atoms with Gasteiger partial charge >= 0.3 is 0 Å². The second-order valence-corrected chi connectivity index (χ2v) is 11.1. The van der Waals surface area contributed by atoms with Crippen molar-refractivity contribution in [3.05, 3.63) is 42.2 Å². The normalized spacial score (nSPS) is 25.0. The Balaban J connectivity index is 1.53. The lowest BCUT2D eigenvalue weighted by atomic mass is 10.1. The molecule has 0 amide bonds. The first-order chi connectivity index (χ1) is 14.4. The highest BCUT2D eigenvalue weighted by Gasteiger charge is 2.55. The number of aromatic amines is 1. The molecular weight excluding hydrogens is 400 g/mol. The number of nitrogens with zero attached hydrogens (tertiary/aromatic N) is 3. The van der Waals surface area contributed by atoms with E-state index in [9.17, 15) is 8.42 Å². The predicted octanol–water partition coefficient (Wildman–Crippen LogP) is 3.03. The number of morpholine rings is 1. The third kappa shape index (κ3) is 2.77. The number of ether oxygens (including phenoxy) is 1. The Labute approximate surface area is 175 Å². The van der Waals surface area contributed by atoms with Crippen LogP contribution in [-0.2, 0) is 19.3 Å². The molecule has 2 saturated heterocycles. The maximum atomic E-state index is 12.6. The van der Waals surface area contributed by atoms with Gasteiger partial charge in [0.2, 0.25) is 0 Å². The van der Waals surface area contributed by atoms with Crippen molar-refractivity contribution in [3.8, 4) is 11.4 Å². The average Bonchev–Trinajstić information content (AvgIpc) is 3.32. The third-order valence-electron chi connectivity index (χ3n) is 6.80. The topological polar surface area (TPSA) is 88.2 Å². The van der Waals surface area contributed by atoms with E-state index in [2.05, 4.69) is 9.88 Å². The van der Waals surface area contributed by atoms with Crippen LogP contribution >= 0.6 is 0 Å². The van der Waals surface area contributed by atoms with Crippen molar-refractivity contribution in [2.45, 2.75) is 42.6 Å². The molecule has 3 aromatic rings. The Hall–Kier alpha value is -2.45. The van der Waals surface area contributed by atoms with Gasteiger partial charge in [0.05, 0.1) is 17.9 Å². The summed E-state index contributed by atoms with van der Waals surface area (Å²) in [6.07, 6.45) is 7.05. The van der Waals surface area contributed by atoms with Gasteiger partial charge in [0.15, 0.2) is 15.7 Å². The van der Waals surface area contributed by atoms with Gasteiger partial charge in [-0.25, -0.2) is 18.4 Å². The van der Waals surface area contributed by atoms with E-state index in [1.54, 1.807) is 0 Å². The number of rotatable bonds is 4. The molecule has 2 atom stereocenters. The summed E-state index contributed by atoms with van der Waals surface area (Å²) < 4.78 is 30.4. The largest absolute Gasteiger partial charge is 0.371 e. The molecule has 6 rings (SSSR count). The molecule has 1 N–H and O–H groups in total. The van der Waals surface area contributed by atoms with Crippen LogP contribution in [0.3, 0.4) is 0 Å². The molecule has 30 heavy (non-hydrogen) atoms. The van der Waals surface area contributed by atoms with Crippen LogP contribution in [0.4, 0.5) is 5.82 Å². The molecule has 1 aromatic carbocycles. The van der Waals surface area contributed by atoms with E-state index in [-0.39, 0.29) is 12.2 Å². The van der Waals surface area contributed by atoms with E-state index < -0.39 is 14.6 Å². The van der Waals surface area contributed by atoms with E-state index in [0.29, 0.717) is 24.4 Å². The van der Waals surface area contributed by atoms with Crippen LogP contribution in [0, 0.1) is 0 Å². The summed E-state index contributed by atoms with van der Waals surface area (Å²) in [6.45, 7) is 1.57. The average molecular weight is 425 g/mol. The van der Waals surface area contributed by atoms with E-state index >= 15 is 0 Å². The Morgan fingerprint density at radius 3 is 2.60 bits per heavy atom. The van der Waals surface area contributed by atoms with Gasteiger partial charge in [-0.05, 0) is 37.8 Å². The summed E-state index contributed by atoms with van der Waals surface area (Å²) in [4.78, 5) is 15.2. The van der Waals surface area contributed by atoms with Crippen LogP contribution in [0.1, 0.15) is 31.4 Å². The summed E-state index contributed by atoms with van der Waals surface area (Å²) in [5, 5.41) is 1.03. The standard InChI is InChI=1S/C22H24N4O3S/c1-30(27,28)22(8-9-22)19-11-20(26-12-14-5-6-15(13-26)29-14)25-21(24-19)17-3-2-4-18-16(17)7-10-23-18/h2-4,7,10-11,14-15,23H,5-6,8-9,12-13H2,1H3/t14-,15+. The Morgan fingerprint density at radius 1 is 1.13 bits per heavy atom. The Kier molecular flexibility index (Phi) is 3.83. The molecule has 1 aliphatic carbocycles. The fourth-order valence-electron chi connectivity index (χ4n) is 4.96. The lowest BCUT2D eigenvalue weighted by Crippen LogP contribution is -2.43. The Morgan fingerprint density at radius 2 is 1.90 bits per heavy atom. The van der Waals surface area contributed by atoms with E-state index in [1.807, 2.05) is 36.5 Å². The van der Waals surface area contributed by atoms with Crippen LogP contribution in [0.25, 0.3) is 22.3 Å². The van der Waals surface area contributed by atoms with Crippen molar-refractivity contribution >= 4 is 26.6 Å². The fraction of sp³-hybridized carbons (Fsp3) is 0.455. The molecule has 2 aromatic heterocycles. The van der Waals surface area contributed by atoms with Gasteiger partial charge < -0.3 is 14.6 Å². The van der Waals surface area contributed by atoms with Crippen molar-refractivity contribution < 1.29 is 13.2 Å². The van der Waals surface area contributed by atoms with Crippen molar-refractivity contribution in [3.63, 3.8) is 0 Å². The fourth-order valence-corrected chi connectivity index (χ4v) is 6.29. The molecule has 3 fully saturated rings. The molecule has 8 heteroatoms. The molecule has 2 bridgehead atoms. The van der Waals surface area contributed by atoms with Gasteiger partial charge in [0.25, 0.3) is 0 Å². The van der Waals surface area contributed by atoms with Gasteiger partial charge in [0.1, 0.15) is 10.6 Å². The zero-order valence-corrected chi connectivity index (χ0v) is 17.7. The molecule has 1 saturated carbocycles. The van der Waals surface area contributed by atoms with Crippen LogP contribution in [0.2, 0.25) is 0 Å². The van der Waals surface area contributed by atoms with Gasteiger partial charge in [-0.2, -0.15) is 0 Å². The quantitative estimate of drug-likeness (QED) is 0.693. The summed E-state index contributed by atoms with van der Waals surface area (Å²) in [7, 11) is -3.27. The highest BCUT2D eigenvalue weighted by atomic mass is 32.2. The zero-order chi connectivity index (χ0) is 20.5. The maximum absolute atomic E-state index is 12.6. The minimum Gasteiger partial charge on any atom is -0.371 e. The summed E-state index contributed by atoms with van der Waals surface area (Å²) in [5.74, 6) is 1.39. The zero-order valence-electron chi connectivity index (χ0n) is 16.8. The van der Waals surface area contributed by atoms with E-state index in [4.69, 9.17) is 14.7 Å². The summed E-state index contributed by atoms with van der Waals surface area (Å²) >= 11 is 0. The lowest BCUT2D eigenvalue weighted by molar-refractivity contribution is 0.0302. The molecular formula is C22H24N4O3S. The minimum absolute atomic E-state index is 0.225. The number of hydrogen-bond acceptors (Lipinski definition) is 6. The van der Waals surface area contributed by atoms with E-state index in [1.165, 1.54) is 6.26 Å². The second kappa shape index (κ2) is 6.28. The van der Waals surface area contributed by atoms with Gasteiger partial charge in [-0.15, -0.1) is 0 Å². The van der Waals surface area contributed by atoms with Gasteiger partial charge in [-0.1, -0.05) is 12.1 Å². The first kappa shape index (κ1) is 18.3. The second-order valence-electron chi connectivity index (χ2n) is 8.81. The molecule has 0 unspecified atom stereocenters. The van der Waals surface area contributed by atoms with Crippen LogP contribution in [0.5, 0.6) is 0 Å². The third-order valence-corrected chi connectivity index (χ3v) is 8.83. The highest BCUT2D eigenvalue weighted by molar-refractivity contribution is 7.91. The number of H-pyrrole nitrogens is 1. The predicted molar refractivity (Wildman–Crippen MR) is 115 cm³/mol. The number of benzene rings is 1. The number of nitrogens with one attached hydrogen (secondary N) is 1. The summed E-state index contributed by atoms with van der Waals surface area (Å²) in [6, 6.07) is 9.91. The SMILES string of the molecule is CS(=O)(=O)C1(c2cc(N3C[C@H]4CC[C@@H](C3)O4)nc(-c3cccc4[nH]ccc34)n2)CC1. The smallest absolute Gasteiger partial charge is 0.162 e. The van der Waals surface area contributed by atoms with Crippen LogP contribution < -0.4 is 4.90 Å². The Bertz CT molecular complexity index is 1240. The van der Waals surface area contributed by atoms with Crippen molar-refractivity contribution in [2.75, 3.05) is 24.2 Å². The van der Waals surface area contributed by atoms with Crippen molar-refractivity contribution in [1.82, 2.24) is 15.0 Å². The van der Waals surface area contributed by atoms with Crippen LogP contribution in [0.15, 0.2) is 36.5 Å². The monoisotopic (exact) mass is 424 g/mol. The lowest BCUT2D eigenvalue weighted by Gasteiger charge is -2.33. The molecule has 4 heterocycles. The van der Waals surface area contributed by atoms with Crippen molar-refractivity contribution in [1.29, 1.82) is 0 Å². The molecule has 3 aliphatic rings. The number of anilines is 1. The first-order valence-corrected chi connectivity index (χ1v) is 12.4. The number of aromatic nitrogens is 3. The number of hydrogen-bond donors (Lipinski definition) is 1. The number of sulfone groups is 1. The molecule has 0 radical (unpaired) electrons. The minimum atomic E-state index is -3.27. The molecule has 156 valence electrons. The number of fused-ring (bicyclic) bond motifs is 3. The molecule has 7 nitrogen and oxygen atoms in total. The van der Waals surface area contributed by atoms with Gasteiger partial charge in [-0.3, -0.25) is 0 Å². The molecule has 0 spiro atoms. The first-order valence-electron chi connectivity index (χ1n) is 10.5. The molecule has 2 aliphatic heterocycles. The maximum Gasteiger partial charge on any atom is 0.162 e. The summed E-state index contributed by atoms with van der Waals surface area (Å²) in [5.41, 5.74) is 2.55. The van der Waals surface area contributed by atoms with Gasteiger partial charge in [0, 0.05) is 48.1 Å². The van der Waals surface area contributed by atoms with Crippen LogP contribution in [-0.4, -0.2) is 54.9 Å².